The summed E-state index contributed by atoms with van der Waals surface area (Å²) in [6, 6.07) is 8.72. The molecule has 0 fully saturated rings. The first kappa shape index (κ1) is 13.6. The summed E-state index contributed by atoms with van der Waals surface area (Å²) in [6.45, 7) is 1.85. The number of hydrogen-bond acceptors (Lipinski definition) is 6. The van der Waals surface area contributed by atoms with Crippen molar-refractivity contribution in [2.45, 2.75) is 6.92 Å². The van der Waals surface area contributed by atoms with Crippen LogP contribution in [0.4, 0.5) is 5.95 Å². The Hall–Kier alpha value is -2.81. The number of nitrogens with zero attached hydrogens (tertiary/aromatic N) is 3. The molecule has 0 spiro atoms. The summed E-state index contributed by atoms with van der Waals surface area (Å²) in [6.07, 6.45) is 0. The lowest BCUT2D eigenvalue weighted by Gasteiger charge is -2.10. The average molecular weight is 270 g/mol. The van der Waals surface area contributed by atoms with Crippen molar-refractivity contribution in [1.82, 2.24) is 9.97 Å². The van der Waals surface area contributed by atoms with Gasteiger partial charge in [0.05, 0.1) is 18.7 Å². The van der Waals surface area contributed by atoms with Crippen LogP contribution in [0.25, 0.3) is 0 Å². The highest BCUT2D eigenvalue weighted by Gasteiger charge is 2.09. The number of ether oxygens (including phenoxy) is 2. The Bertz CT molecular complexity index is 665. The fourth-order valence-corrected chi connectivity index (χ4v) is 1.64. The molecule has 0 aliphatic rings. The van der Waals surface area contributed by atoms with E-state index in [1.807, 2.05) is 13.0 Å². The molecular formula is C14H14N4O2. The third kappa shape index (κ3) is 2.95. The van der Waals surface area contributed by atoms with Crippen LogP contribution < -0.4 is 14.8 Å². The standard InChI is InChI=1S/C14H14N4O2/c1-9-6-13(18-14(16-2)17-9)20-11-5-4-10(8-15)7-12(11)19-3/h4-7H,1-3H3,(H,16,17,18). The fourth-order valence-electron chi connectivity index (χ4n) is 1.64. The number of methoxy groups -OCH3 is 1. The number of aromatic nitrogens is 2. The molecule has 0 saturated heterocycles. The molecule has 0 amide bonds. The molecule has 0 radical (unpaired) electrons. The molecule has 2 aromatic rings. The van der Waals surface area contributed by atoms with Gasteiger partial charge in [-0.2, -0.15) is 10.2 Å². The Morgan fingerprint density at radius 3 is 2.65 bits per heavy atom. The predicted octanol–water partition coefficient (Wildman–Crippen LogP) is 2.50. The van der Waals surface area contributed by atoms with E-state index in [-0.39, 0.29) is 0 Å². The SMILES string of the molecule is CNc1nc(C)cc(Oc2ccc(C#N)cc2OC)n1. The summed E-state index contributed by atoms with van der Waals surface area (Å²) < 4.78 is 10.9. The topological polar surface area (TPSA) is 80.1 Å². The molecular weight excluding hydrogens is 256 g/mol. The van der Waals surface area contributed by atoms with Crippen molar-refractivity contribution in [3.05, 3.63) is 35.5 Å². The normalized spacial score (nSPS) is 9.70. The van der Waals surface area contributed by atoms with Crippen LogP contribution in [0.15, 0.2) is 24.3 Å². The highest BCUT2D eigenvalue weighted by molar-refractivity contribution is 5.48. The fraction of sp³-hybridized carbons (Fsp3) is 0.214. The second-order valence-corrected chi connectivity index (χ2v) is 4.00. The van der Waals surface area contributed by atoms with Crippen molar-refractivity contribution >= 4 is 5.95 Å². The monoisotopic (exact) mass is 270 g/mol. The van der Waals surface area contributed by atoms with E-state index in [0.29, 0.717) is 28.9 Å². The molecule has 20 heavy (non-hydrogen) atoms. The molecule has 2 rings (SSSR count). The summed E-state index contributed by atoms with van der Waals surface area (Å²) in [5.74, 6) is 1.86. The van der Waals surface area contributed by atoms with Gasteiger partial charge in [-0.15, -0.1) is 0 Å². The lowest BCUT2D eigenvalue weighted by molar-refractivity contribution is 0.374. The molecule has 0 unspecified atom stereocenters. The highest BCUT2D eigenvalue weighted by Crippen LogP contribution is 2.31. The highest BCUT2D eigenvalue weighted by atomic mass is 16.5. The molecule has 6 nitrogen and oxygen atoms in total. The van der Waals surface area contributed by atoms with Gasteiger partial charge in [0.25, 0.3) is 0 Å². The van der Waals surface area contributed by atoms with Crippen LogP contribution in [0.1, 0.15) is 11.3 Å². The largest absolute Gasteiger partial charge is 0.493 e. The summed E-state index contributed by atoms with van der Waals surface area (Å²) >= 11 is 0. The lowest BCUT2D eigenvalue weighted by Crippen LogP contribution is -2.00. The molecule has 1 heterocycles. The molecule has 6 heteroatoms. The zero-order valence-electron chi connectivity index (χ0n) is 11.5. The number of aryl methyl sites for hydroxylation is 1. The molecule has 0 aliphatic carbocycles. The van der Waals surface area contributed by atoms with Crippen LogP contribution >= 0.6 is 0 Å². The van der Waals surface area contributed by atoms with Gasteiger partial charge in [0.1, 0.15) is 0 Å². The van der Waals surface area contributed by atoms with Crippen LogP contribution in [0, 0.1) is 18.3 Å². The Kier molecular flexibility index (Phi) is 4.01. The van der Waals surface area contributed by atoms with Gasteiger partial charge in [-0.05, 0) is 19.1 Å². The molecule has 0 atom stereocenters. The van der Waals surface area contributed by atoms with Crippen molar-refractivity contribution < 1.29 is 9.47 Å². The van der Waals surface area contributed by atoms with Crippen molar-refractivity contribution in [1.29, 1.82) is 5.26 Å². The molecule has 1 N–H and O–H groups in total. The third-order valence-electron chi connectivity index (χ3n) is 2.56. The van der Waals surface area contributed by atoms with Crippen LogP contribution in [-0.4, -0.2) is 24.1 Å². The smallest absolute Gasteiger partial charge is 0.225 e. The summed E-state index contributed by atoms with van der Waals surface area (Å²) in [7, 11) is 3.26. The van der Waals surface area contributed by atoms with E-state index in [1.54, 1.807) is 31.3 Å². The van der Waals surface area contributed by atoms with Gasteiger partial charge in [-0.25, -0.2) is 4.98 Å². The van der Waals surface area contributed by atoms with E-state index in [4.69, 9.17) is 14.7 Å². The number of rotatable bonds is 4. The van der Waals surface area contributed by atoms with E-state index < -0.39 is 0 Å². The van der Waals surface area contributed by atoms with Gasteiger partial charge in [0.2, 0.25) is 11.8 Å². The van der Waals surface area contributed by atoms with E-state index >= 15 is 0 Å². The van der Waals surface area contributed by atoms with Crippen molar-refractivity contribution in [3.63, 3.8) is 0 Å². The molecule has 0 bridgehead atoms. The maximum absolute atomic E-state index is 8.87. The van der Waals surface area contributed by atoms with Gasteiger partial charge in [0, 0.05) is 24.9 Å². The number of anilines is 1. The predicted molar refractivity (Wildman–Crippen MR) is 74.1 cm³/mol. The van der Waals surface area contributed by atoms with Gasteiger partial charge in [-0.1, -0.05) is 0 Å². The molecule has 0 saturated carbocycles. The van der Waals surface area contributed by atoms with Gasteiger partial charge < -0.3 is 14.8 Å². The van der Waals surface area contributed by atoms with E-state index in [1.165, 1.54) is 7.11 Å². The average Bonchev–Trinajstić information content (AvgIpc) is 2.47. The Labute approximate surface area is 117 Å². The number of nitriles is 1. The quantitative estimate of drug-likeness (QED) is 0.919. The Morgan fingerprint density at radius 2 is 2.00 bits per heavy atom. The number of benzene rings is 1. The molecule has 102 valence electrons. The third-order valence-corrected chi connectivity index (χ3v) is 2.56. The first-order valence-corrected chi connectivity index (χ1v) is 5.95. The van der Waals surface area contributed by atoms with E-state index in [2.05, 4.69) is 15.3 Å². The minimum absolute atomic E-state index is 0.407. The van der Waals surface area contributed by atoms with Gasteiger partial charge in [-0.3, -0.25) is 0 Å². The number of nitrogens with one attached hydrogen (secondary N) is 1. The first-order chi connectivity index (χ1) is 9.66. The second-order valence-electron chi connectivity index (χ2n) is 4.00. The maximum Gasteiger partial charge on any atom is 0.225 e. The minimum Gasteiger partial charge on any atom is -0.493 e. The first-order valence-electron chi connectivity index (χ1n) is 5.95. The second kappa shape index (κ2) is 5.89. The van der Waals surface area contributed by atoms with Crippen LogP contribution in [0.5, 0.6) is 17.4 Å². The minimum atomic E-state index is 0.407. The van der Waals surface area contributed by atoms with Crippen molar-refractivity contribution in [3.8, 4) is 23.4 Å². The van der Waals surface area contributed by atoms with Gasteiger partial charge in [0.15, 0.2) is 11.5 Å². The summed E-state index contributed by atoms with van der Waals surface area (Å²) in [4.78, 5) is 8.39. The Morgan fingerprint density at radius 1 is 1.20 bits per heavy atom. The van der Waals surface area contributed by atoms with Crippen LogP contribution in [-0.2, 0) is 0 Å². The molecule has 1 aromatic carbocycles. The summed E-state index contributed by atoms with van der Waals surface area (Å²) in [5, 5.41) is 11.7. The van der Waals surface area contributed by atoms with Crippen LogP contribution in [0.2, 0.25) is 0 Å². The molecule has 0 aliphatic heterocycles. The van der Waals surface area contributed by atoms with Crippen molar-refractivity contribution in [2.24, 2.45) is 0 Å². The molecule has 1 aromatic heterocycles. The lowest BCUT2D eigenvalue weighted by atomic mass is 10.2. The number of hydrogen-bond donors (Lipinski definition) is 1. The van der Waals surface area contributed by atoms with Crippen molar-refractivity contribution in [2.75, 3.05) is 19.5 Å². The maximum atomic E-state index is 8.87. The Balaban J connectivity index is 2.34. The van der Waals surface area contributed by atoms with E-state index in [9.17, 15) is 0 Å². The van der Waals surface area contributed by atoms with Crippen LogP contribution in [0.3, 0.4) is 0 Å². The summed E-state index contributed by atoms with van der Waals surface area (Å²) in [5.41, 5.74) is 1.29. The van der Waals surface area contributed by atoms with E-state index in [0.717, 1.165) is 5.69 Å². The zero-order chi connectivity index (χ0) is 14.5. The zero-order valence-corrected chi connectivity index (χ0v) is 11.5. The van der Waals surface area contributed by atoms with Gasteiger partial charge >= 0.3 is 0 Å².